The van der Waals surface area contributed by atoms with Gasteiger partial charge in [-0.3, -0.25) is 9.69 Å². The van der Waals surface area contributed by atoms with Crippen LogP contribution in [0.3, 0.4) is 0 Å². The van der Waals surface area contributed by atoms with E-state index in [9.17, 15) is 9.18 Å². The number of amides is 1. The maximum absolute atomic E-state index is 14.2. The summed E-state index contributed by atoms with van der Waals surface area (Å²) in [6.45, 7) is 3.49. The highest BCUT2D eigenvalue weighted by molar-refractivity contribution is 5.96. The zero-order valence-electron chi connectivity index (χ0n) is 18.3. The van der Waals surface area contributed by atoms with Gasteiger partial charge < -0.3 is 4.90 Å². The number of nitrogens with zero attached hydrogens (tertiary/aromatic N) is 2. The van der Waals surface area contributed by atoms with Crippen molar-refractivity contribution in [3.05, 3.63) is 89.7 Å². The average molecular weight is 429 g/mol. The Balaban J connectivity index is 1.21. The Hall–Kier alpha value is -2.98. The summed E-state index contributed by atoms with van der Waals surface area (Å²) >= 11 is 0. The number of carbonyl (C=O) groups is 1. The topological polar surface area (TPSA) is 23.6 Å². The predicted molar refractivity (Wildman–Crippen MR) is 127 cm³/mol. The quantitative estimate of drug-likeness (QED) is 0.533. The molecule has 0 spiro atoms. The smallest absolute Gasteiger partial charge is 0.230 e. The minimum Gasteiger partial charge on any atom is -0.312 e. The van der Waals surface area contributed by atoms with Crippen LogP contribution in [-0.2, 0) is 17.8 Å². The zero-order valence-corrected chi connectivity index (χ0v) is 18.3. The first-order chi connectivity index (χ1) is 15.7. The maximum Gasteiger partial charge on any atom is 0.230 e. The molecule has 0 unspecified atom stereocenters. The highest BCUT2D eigenvalue weighted by atomic mass is 19.1. The molecule has 0 aromatic heterocycles. The minimum atomic E-state index is -0.191. The molecule has 3 aromatic carbocycles. The number of rotatable bonds is 4. The lowest BCUT2D eigenvalue weighted by molar-refractivity contribution is -0.123. The number of anilines is 1. The third-order valence-electron chi connectivity index (χ3n) is 6.83. The van der Waals surface area contributed by atoms with Crippen LogP contribution < -0.4 is 4.90 Å². The van der Waals surface area contributed by atoms with Crippen LogP contribution in [0.15, 0.2) is 72.8 Å². The number of aryl methyl sites for hydroxylation is 1. The van der Waals surface area contributed by atoms with Gasteiger partial charge in [-0.25, -0.2) is 4.39 Å². The summed E-state index contributed by atoms with van der Waals surface area (Å²) in [6, 6.07) is 23.4. The molecule has 0 N–H and O–H groups in total. The Morgan fingerprint density at radius 2 is 1.69 bits per heavy atom. The molecule has 164 valence electrons. The molecule has 0 bridgehead atoms. The molecule has 2 aliphatic heterocycles. The Bertz CT molecular complexity index is 1100. The largest absolute Gasteiger partial charge is 0.312 e. The first kappa shape index (κ1) is 20.9. The van der Waals surface area contributed by atoms with E-state index in [0.717, 1.165) is 63.1 Å². The van der Waals surface area contributed by atoms with E-state index < -0.39 is 0 Å². The molecule has 0 radical (unpaired) electrons. The standard InChI is InChI=1S/C28H29FN2O/c29-26-12-3-2-11-25(26)24-9-5-7-21(19-24)20-30-17-14-23(15-18-30)28(32)31-16-6-10-22-8-1-4-13-27(22)31/h1-5,7-9,11-13,19,23H,6,10,14-18,20H2. The second-order valence-corrected chi connectivity index (χ2v) is 8.95. The molecule has 1 saturated heterocycles. The van der Waals surface area contributed by atoms with Crippen LogP contribution in [0.2, 0.25) is 0 Å². The van der Waals surface area contributed by atoms with Crippen LogP contribution in [0.1, 0.15) is 30.4 Å². The second-order valence-electron chi connectivity index (χ2n) is 8.95. The van der Waals surface area contributed by atoms with Gasteiger partial charge in [-0.1, -0.05) is 54.6 Å². The van der Waals surface area contributed by atoms with Crippen LogP contribution in [0.5, 0.6) is 0 Å². The summed E-state index contributed by atoms with van der Waals surface area (Å²) < 4.78 is 14.2. The van der Waals surface area contributed by atoms with Crippen LogP contribution in [0, 0.1) is 11.7 Å². The molecule has 5 rings (SSSR count). The predicted octanol–water partition coefficient (Wildman–Crippen LogP) is 5.68. The van der Waals surface area contributed by atoms with Gasteiger partial charge in [0, 0.05) is 30.3 Å². The van der Waals surface area contributed by atoms with E-state index in [-0.39, 0.29) is 11.7 Å². The Labute approximate surface area is 189 Å². The molecule has 1 fully saturated rings. The van der Waals surface area contributed by atoms with Gasteiger partial charge in [0.15, 0.2) is 0 Å². The SMILES string of the molecule is O=C(C1CCN(Cc2cccc(-c3ccccc3F)c2)CC1)N1CCCc2ccccc21. The van der Waals surface area contributed by atoms with Gasteiger partial charge in [0.25, 0.3) is 0 Å². The molecular formula is C28H29FN2O. The van der Waals surface area contributed by atoms with E-state index in [2.05, 4.69) is 35.2 Å². The summed E-state index contributed by atoms with van der Waals surface area (Å²) in [4.78, 5) is 17.7. The van der Waals surface area contributed by atoms with Crippen molar-refractivity contribution in [2.45, 2.75) is 32.2 Å². The van der Waals surface area contributed by atoms with Crippen molar-refractivity contribution in [2.75, 3.05) is 24.5 Å². The fourth-order valence-electron chi connectivity index (χ4n) is 5.11. The first-order valence-electron chi connectivity index (χ1n) is 11.6. The number of piperidine rings is 1. The van der Waals surface area contributed by atoms with Crippen molar-refractivity contribution in [1.82, 2.24) is 4.90 Å². The Kier molecular flexibility index (Phi) is 6.04. The number of benzene rings is 3. The molecule has 32 heavy (non-hydrogen) atoms. The number of carbonyl (C=O) groups excluding carboxylic acids is 1. The number of fused-ring (bicyclic) bond motifs is 1. The fourth-order valence-corrected chi connectivity index (χ4v) is 5.11. The van der Waals surface area contributed by atoms with Crippen molar-refractivity contribution in [2.24, 2.45) is 5.92 Å². The molecule has 3 aromatic rings. The van der Waals surface area contributed by atoms with Gasteiger partial charge in [-0.2, -0.15) is 0 Å². The van der Waals surface area contributed by atoms with Crippen molar-refractivity contribution < 1.29 is 9.18 Å². The fraction of sp³-hybridized carbons (Fsp3) is 0.321. The summed E-state index contributed by atoms with van der Waals surface area (Å²) in [5.41, 5.74) is 5.13. The summed E-state index contributed by atoms with van der Waals surface area (Å²) in [6.07, 6.45) is 3.89. The number of likely N-dealkylation sites (tertiary alicyclic amines) is 1. The van der Waals surface area contributed by atoms with Gasteiger partial charge in [-0.05, 0) is 73.7 Å². The number of hydrogen-bond donors (Lipinski definition) is 0. The number of halogens is 1. The third-order valence-corrected chi connectivity index (χ3v) is 6.83. The lowest BCUT2D eigenvalue weighted by atomic mass is 9.92. The van der Waals surface area contributed by atoms with Crippen LogP contribution in [0.4, 0.5) is 10.1 Å². The molecule has 0 atom stereocenters. The summed E-state index contributed by atoms with van der Waals surface area (Å²) in [5, 5.41) is 0. The number of para-hydroxylation sites is 1. The van der Waals surface area contributed by atoms with E-state index >= 15 is 0 Å². The summed E-state index contributed by atoms with van der Waals surface area (Å²) in [5.74, 6) is 0.198. The number of hydrogen-bond acceptors (Lipinski definition) is 2. The highest BCUT2D eigenvalue weighted by Gasteiger charge is 2.31. The van der Waals surface area contributed by atoms with Crippen molar-refractivity contribution in [3.63, 3.8) is 0 Å². The Morgan fingerprint density at radius 3 is 2.53 bits per heavy atom. The molecule has 0 aliphatic carbocycles. The van der Waals surface area contributed by atoms with Crippen molar-refractivity contribution in [3.8, 4) is 11.1 Å². The van der Waals surface area contributed by atoms with Crippen molar-refractivity contribution in [1.29, 1.82) is 0 Å². The highest BCUT2D eigenvalue weighted by Crippen LogP contribution is 2.31. The van der Waals surface area contributed by atoms with Crippen LogP contribution >= 0.6 is 0 Å². The van der Waals surface area contributed by atoms with E-state index in [1.54, 1.807) is 6.07 Å². The molecule has 0 saturated carbocycles. The molecule has 1 amide bonds. The third kappa shape index (κ3) is 4.33. The Morgan fingerprint density at radius 1 is 0.906 bits per heavy atom. The molecule has 2 aliphatic rings. The van der Waals surface area contributed by atoms with Gasteiger partial charge in [0.1, 0.15) is 5.82 Å². The van der Waals surface area contributed by atoms with E-state index in [0.29, 0.717) is 11.5 Å². The van der Waals surface area contributed by atoms with E-state index in [1.807, 2.05) is 35.2 Å². The lowest BCUT2D eigenvalue weighted by Gasteiger charge is -2.36. The van der Waals surface area contributed by atoms with Crippen LogP contribution in [-0.4, -0.2) is 30.4 Å². The van der Waals surface area contributed by atoms with Gasteiger partial charge >= 0.3 is 0 Å². The summed E-state index contributed by atoms with van der Waals surface area (Å²) in [7, 11) is 0. The monoisotopic (exact) mass is 428 g/mol. The lowest BCUT2D eigenvalue weighted by Crippen LogP contribution is -2.44. The normalized spacial score (nSPS) is 17.2. The maximum atomic E-state index is 14.2. The zero-order chi connectivity index (χ0) is 21.9. The molecule has 2 heterocycles. The minimum absolute atomic E-state index is 0.0992. The molecule has 3 nitrogen and oxygen atoms in total. The second kappa shape index (κ2) is 9.25. The molecule has 4 heteroatoms. The van der Waals surface area contributed by atoms with E-state index in [4.69, 9.17) is 0 Å². The average Bonchev–Trinajstić information content (AvgIpc) is 2.84. The van der Waals surface area contributed by atoms with Crippen molar-refractivity contribution >= 4 is 11.6 Å². The van der Waals surface area contributed by atoms with E-state index in [1.165, 1.54) is 17.2 Å². The van der Waals surface area contributed by atoms with Gasteiger partial charge in [0.2, 0.25) is 5.91 Å². The van der Waals surface area contributed by atoms with Crippen LogP contribution in [0.25, 0.3) is 11.1 Å². The van der Waals surface area contributed by atoms with Gasteiger partial charge in [0.05, 0.1) is 0 Å². The first-order valence-corrected chi connectivity index (χ1v) is 11.6. The van der Waals surface area contributed by atoms with Gasteiger partial charge in [-0.15, -0.1) is 0 Å². The molecular weight excluding hydrogens is 399 g/mol.